The summed E-state index contributed by atoms with van der Waals surface area (Å²) in [5.41, 5.74) is 1.98. The van der Waals surface area contributed by atoms with Crippen molar-refractivity contribution in [2.75, 3.05) is 13.1 Å². The van der Waals surface area contributed by atoms with E-state index < -0.39 is 0 Å². The number of tetrazole rings is 1. The lowest BCUT2D eigenvalue weighted by atomic mass is 9.99. The van der Waals surface area contributed by atoms with Gasteiger partial charge in [0.2, 0.25) is 0 Å². The van der Waals surface area contributed by atoms with Crippen LogP contribution < -0.4 is 5.43 Å². The van der Waals surface area contributed by atoms with E-state index in [0.717, 1.165) is 37.9 Å². The zero-order valence-electron chi connectivity index (χ0n) is 17.0. The largest absolute Gasteiger partial charge is 0.464 e. The van der Waals surface area contributed by atoms with Crippen molar-refractivity contribution in [1.82, 2.24) is 25.1 Å². The number of aryl methyl sites for hydroxylation is 1. The summed E-state index contributed by atoms with van der Waals surface area (Å²) in [6.45, 7) is 10.1. The number of aromatic nitrogens is 4. The fourth-order valence-corrected chi connectivity index (χ4v) is 3.89. The molecule has 0 radical (unpaired) electrons. The number of benzene rings is 1. The topological polar surface area (TPSA) is 77.0 Å². The van der Waals surface area contributed by atoms with E-state index in [9.17, 15) is 4.79 Å². The molecule has 0 spiro atoms. The Balaban J connectivity index is 1.92. The van der Waals surface area contributed by atoms with Crippen LogP contribution in [0.25, 0.3) is 11.0 Å². The first-order valence-corrected chi connectivity index (χ1v) is 9.97. The van der Waals surface area contributed by atoms with Gasteiger partial charge in [0.15, 0.2) is 11.3 Å². The second-order valence-electron chi connectivity index (χ2n) is 8.28. The second kappa shape index (κ2) is 7.13. The van der Waals surface area contributed by atoms with E-state index in [-0.39, 0.29) is 17.0 Å². The van der Waals surface area contributed by atoms with Crippen LogP contribution in [0.3, 0.4) is 0 Å². The lowest BCUT2D eigenvalue weighted by Gasteiger charge is -2.30. The number of rotatable bonds is 5. The summed E-state index contributed by atoms with van der Waals surface area (Å²) in [5.74, 6) is 0.702. The van der Waals surface area contributed by atoms with Gasteiger partial charge >= 0.3 is 0 Å². The Morgan fingerprint density at radius 3 is 2.71 bits per heavy atom. The maximum Gasteiger partial charge on any atom is 0.197 e. The first-order valence-electron chi connectivity index (χ1n) is 9.97. The summed E-state index contributed by atoms with van der Waals surface area (Å²) in [6, 6.07) is 5.38. The number of hydrogen-bond acceptors (Lipinski definition) is 6. The summed E-state index contributed by atoms with van der Waals surface area (Å²) >= 11 is 0. The Kier molecular flexibility index (Phi) is 4.79. The Hall–Kier alpha value is -2.54. The molecule has 3 heterocycles. The third-order valence-corrected chi connectivity index (χ3v) is 5.93. The number of nitrogens with zero attached hydrogens (tertiary/aromatic N) is 5. The van der Waals surface area contributed by atoms with Crippen LogP contribution in [-0.4, -0.2) is 38.2 Å². The van der Waals surface area contributed by atoms with Crippen LogP contribution in [0.4, 0.5) is 0 Å². The van der Waals surface area contributed by atoms with E-state index in [1.807, 2.05) is 29.8 Å². The molecule has 0 amide bonds. The minimum absolute atomic E-state index is 0.00861. The highest BCUT2D eigenvalue weighted by Crippen LogP contribution is 2.32. The predicted octanol–water partition coefficient (Wildman–Crippen LogP) is 3.42. The van der Waals surface area contributed by atoms with Crippen LogP contribution in [0, 0.1) is 6.92 Å². The molecule has 1 aliphatic rings. The maximum absolute atomic E-state index is 13.4. The van der Waals surface area contributed by atoms with Crippen molar-refractivity contribution in [3.8, 4) is 0 Å². The number of hydrogen-bond donors (Lipinski definition) is 0. The van der Waals surface area contributed by atoms with E-state index >= 15 is 0 Å². The Labute approximate surface area is 164 Å². The number of likely N-dealkylation sites (tertiary alicyclic amines) is 1. The van der Waals surface area contributed by atoms with Gasteiger partial charge in [-0.15, -0.1) is 5.10 Å². The van der Waals surface area contributed by atoms with Gasteiger partial charge in [0.25, 0.3) is 0 Å². The van der Waals surface area contributed by atoms with Crippen LogP contribution in [0.1, 0.15) is 63.0 Å². The first kappa shape index (κ1) is 18.8. The molecular formula is C21H27N5O2. The summed E-state index contributed by atoms with van der Waals surface area (Å²) in [4.78, 5) is 15.7. The van der Waals surface area contributed by atoms with Gasteiger partial charge in [0.1, 0.15) is 17.9 Å². The van der Waals surface area contributed by atoms with Crippen LogP contribution >= 0.6 is 0 Å². The average molecular weight is 381 g/mol. The van der Waals surface area contributed by atoms with Gasteiger partial charge in [-0.3, -0.25) is 9.69 Å². The average Bonchev–Trinajstić information content (AvgIpc) is 3.37. The van der Waals surface area contributed by atoms with Crippen molar-refractivity contribution >= 4 is 11.0 Å². The molecule has 148 valence electrons. The monoisotopic (exact) mass is 381 g/mol. The van der Waals surface area contributed by atoms with E-state index in [2.05, 4.69) is 41.2 Å². The SMILES string of the molecule is CCC(C)(C)n1nnnc1C(c1coc2ccc(C)cc2c1=O)N1CCCC1. The molecule has 1 fully saturated rings. The van der Waals surface area contributed by atoms with E-state index in [1.54, 1.807) is 6.26 Å². The fourth-order valence-electron chi connectivity index (χ4n) is 3.89. The van der Waals surface area contributed by atoms with Crippen LogP contribution in [0.2, 0.25) is 0 Å². The Morgan fingerprint density at radius 1 is 1.25 bits per heavy atom. The molecule has 0 bridgehead atoms. The summed E-state index contributed by atoms with van der Waals surface area (Å²) in [5, 5.41) is 13.2. The highest BCUT2D eigenvalue weighted by Gasteiger charge is 2.35. The third kappa shape index (κ3) is 3.13. The maximum atomic E-state index is 13.4. The minimum atomic E-state index is -0.315. The Bertz CT molecular complexity index is 1050. The number of fused-ring (bicyclic) bond motifs is 1. The molecule has 0 aliphatic carbocycles. The lowest BCUT2D eigenvalue weighted by molar-refractivity contribution is 0.228. The minimum Gasteiger partial charge on any atom is -0.464 e. The molecular weight excluding hydrogens is 354 g/mol. The summed E-state index contributed by atoms with van der Waals surface area (Å²) in [6.07, 6.45) is 4.69. The molecule has 0 saturated carbocycles. The van der Waals surface area contributed by atoms with E-state index in [1.165, 1.54) is 0 Å². The molecule has 1 aliphatic heterocycles. The van der Waals surface area contributed by atoms with Crippen LogP contribution in [-0.2, 0) is 5.54 Å². The fraction of sp³-hybridized carbons (Fsp3) is 0.524. The molecule has 4 rings (SSSR count). The van der Waals surface area contributed by atoms with Crippen molar-refractivity contribution in [2.24, 2.45) is 0 Å². The molecule has 3 aromatic rings. The Morgan fingerprint density at radius 2 is 2.00 bits per heavy atom. The van der Waals surface area contributed by atoms with Gasteiger partial charge in [0, 0.05) is 0 Å². The molecule has 1 aromatic carbocycles. The van der Waals surface area contributed by atoms with Gasteiger partial charge in [-0.05, 0) is 75.7 Å². The van der Waals surface area contributed by atoms with Crippen LogP contribution in [0.15, 0.2) is 33.7 Å². The van der Waals surface area contributed by atoms with E-state index in [4.69, 9.17) is 4.42 Å². The summed E-state index contributed by atoms with van der Waals surface area (Å²) < 4.78 is 7.74. The van der Waals surface area contributed by atoms with Gasteiger partial charge in [-0.2, -0.15) is 0 Å². The van der Waals surface area contributed by atoms with Gasteiger partial charge < -0.3 is 4.42 Å². The van der Waals surface area contributed by atoms with Gasteiger partial charge in [-0.25, -0.2) is 4.68 Å². The molecule has 2 aromatic heterocycles. The van der Waals surface area contributed by atoms with Gasteiger partial charge in [0.05, 0.1) is 16.5 Å². The first-order chi connectivity index (χ1) is 13.4. The third-order valence-electron chi connectivity index (χ3n) is 5.93. The van der Waals surface area contributed by atoms with Gasteiger partial charge in [-0.1, -0.05) is 18.6 Å². The quantitative estimate of drug-likeness (QED) is 0.674. The summed E-state index contributed by atoms with van der Waals surface area (Å²) in [7, 11) is 0. The van der Waals surface area contributed by atoms with Crippen molar-refractivity contribution < 1.29 is 4.42 Å². The molecule has 28 heavy (non-hydrogen) atoms. The molecule has 7 heteroatoms. The zero-order valence-corrected chi connectivity index (χ0v) is 17.0. The van der Waals surface area contributed by atoms with Crippen molar-refractivity contribution in [3.63, 3.8) is 0 Å². The molecule has 7 nitrogen and oxygen atoms in total. The highest BCUT2D eigenvalue weighted by atomic mass is 16.3. The standard InChI is InChI=1S/C21H27N5O2/c1-5-21(3,4)26-20(22-23-24-26)18(25-10-6-7-11-25)16-13-28-17-9-8-14(2)12-15(17)19(16)27/h8-9,12-13,18H,5-7,10-11H2,1-4H3. The molecule has 1 saturated heterocycles. The zero-order chi connectivity index (χ0) is 19.9. The van der Waals surface area contributed by atoms with Crippen molar-refractivity contribution in [3.05, 3.63) is 51.6 Å². The second-order valence-corrected chi connectivity index (χ2v) is 8.28. The van der Waals surface area contributed by atoms with Crippen molar-refractivity contribution in [1.29, 1.82) is 0 Å². The normalized spacial score (nSPS) is 16.7. The molecule has 1 atom stereocenters. The van der Waals surface area contributed by atoms with Crippen LogP contribution in [0.5, 0.6) is 0 Å². The highest BCUT2D eigenvalue weighted by molar-refractivity contribution is 5.77. The smallest absolute Gasteiger partial charge is 0.197 e. The predicted molar refractivity (Wildman–Crippen MR) is 107 cm³/mol. The molecule has 1 unspecified atom stereocenters. The van der Waals surface area contributed by atoms with E-state index in [0.29, 0.717) is 22.4 Å². The van der Waals surface area contributed by atoms with Crippen molar-refractivity contribution in [2.45, 2.75) is 58.5 Å². The lowest BCUT2D eigenvalue weighted by Crippen LogP contribution is -2.36. The molecule has 0 N–H and O–H groups in total.